The monoisotopic (exact) mass is 676 g/mol. The van der Waals surface area contributed by atoms with Gasteiger partial charge in [-0.25, -0.2) is 4.79 Å². The Hall–Kier alpha value is -2.13. The maximum Gasteiger partial charge on any atom is 0.315 e. The number of carbonyl (C=O) groups is 3. The molecule has 1 saturated heterocycles. The van der Waals surface area contributed by atoms with Crippen LogP contribution in [-0.2, 0) is 19.1 Å². The highest BCUT2D eigenvalue weighted by Crippen LogP contribution is 2.38. The Morgan fingerprint density at radius 1 is 0.854 bits per heavy atom. The summed E-state index contributed by atoms with van der Waals surface area (Å²) in [4.78, 5) is 39.1. The summed E-state index contributed by atoms with van der Waals surface area (Å²) in [5.41, 5.74) is -0.696. The minimum Gasteiger partial charge on any atom is -0.481 e. The molecule has 2 aliphatic carbocycles. The van der Waals surface area contributed by atoms with Gasteiger partial charge < -0.3 is 30.5 Å². The van der Waals surface area contributed by atoms with E-state index in [9.17, 15) is 19.5 Å². The van der Waals surface area contributed by atoms with Crippen molar-refractivity contribution in [3.05, 3.63) is 12.2 Å². The minimum absolute atomic E-state index is 0.00584. The summed E-state index contributed by atoms with van der Waals surface area (Å²) in [7, 11) is 0. The lowest BCUT2D eigenvalue weighted by atomic mass is 9.73. The summed E-state index contributed by atoms with van der Waals surface area (Å²) in [6.45, 7) is 9.99. The summed E-state index contributed by atoms with van der Waals surface area (Å²) in [6, 6.07) is -0.441. The molecule has 3 aliphatic rings. The van der Waals surface area contributed by atoms with Gasteiger partial charge in [0.15, 0.2) is 5.79 Å². The van der Waals surface area contributed by atoms with Crippen LogP contribution in [0.4, 0.5) is 4.79 Å². The maximum atomic E-state index is 13.3. The second-order valence-electron chi connectivity index (χ2n) is 16.1. The number of urea groups is 1. The second kappa shape index (κ2) is 19.9. The van der Waals surface area contributed by atoms with E-state index >= 15 is 0 Å². The van der Waals surface area contributed by atoms with Gasteiger partial charge >= 0.3 is 12.0 Å². The Morgan fingerprint density at radius 2 is 1.48 bits per heavy atom. The van der Waals surface area contributed by atoms with E-state index in [0.29, 0.717) is 13.0 Å². The average molecular weight is 676 g/mol. The van der Waals surface area contributed by atoms with Crippen molar-refractivity contribution in [2.24, 2.45) is 17.3 Å². The van der Waals surface area contributed by atoms with E-state index in [1.807, 2.05) is 13.8 Å². The van der Waals surface area contributed by atoms with Gasteiger partial charge in [-0.05, 0) is 84.0 Å². The lowest BCUT2D eigenvalue weighted by Gasteiger charge is -2.45. The third-order valence-electron chi connectivity index (χ3n) is 11.0. The number of carbonyl (C=O) groups excluding carboxylic acids is 2. The fourth-order valence-electron chi connectivity index (χ4n) is 7.71. The Bertz CT molecular complexity index is 1020. The van der Waals surface area contributed by atoms with Crippen molar-refractivity contribution in [1.29, 1.82) is 0 Å². The Balaban J connectivity index is 1.41. The van der Waals surface area contributed by atoms with Crippen molar-refractivity contribution in [3.63, 3.8) is 0 Å². The third kappa shape index (κ3) is 13.3. The van der Waals surface area contributed by atoms with Crippen LogP contribution in [0.15, 0.2) is 12.2 Å². The highest BCUT2D eigenvalue weighted by Gasteiger charge is 2.46. The summed E-state index contributed by atoms with van der Waals surface area (Å²) in [5.74, 6) is -3.25. The minimum atomic E-state index is -0.954. The molecule has 0 spiro atoms. The Kier molecular flexibility index (Phi) is 16.7. The van der Waals surface area contributed by atoms with Crippen molar-refractivity contribution in [2.45, 2.75) is 187 Å². The van der Waals surface area contributed by atoms with E-state index in [0.717, 1.165) is 64.2 Å². The molecule has 0 bridgehead atoms. The number of carboxylic acids is 1. The van der Waals surface area contributed by atoms with Crippen LogP contribution in [0.25, 0.3) is 0 Å². The van der Waals surface area contributed by atoms with Crippen LogP contribution in [-0.4, -0.2) is 59.6 Å². The van der Waals surface area contributed by atoms with E-state index in [2.05, 4.69) is 35.0 Å². The molecule has 1 aliphatic heterocycles. The van der Waals surface area contributed by atoms with Crippen LogP contribution in [0.2, 0.25) is 0 Å². The molecule has 276 valence electrons. The van der Waals surface area contributed by atoms with E-state index in [1.54, 1.807) is 13.8 Å². The highest BCUT2D eigenvalue weighted by atomic mass is 16.7. The summed E-state index contributed by atoms with van der Waals surface area (Å²) >= 11 is 0. The van der Waals surface area contributed by atoms with Gasteiger partial charge in [0.1, 0.15) is 6.10 Å². The number of nitrogens with one attached hydrogen (secondary N) is 3. The topological polar surface area (TPSA) is 126 Å². The number of aliphatic carboxylic acids is 1. The molecule has 0 aromatic heterocycles. The smallest absolute Gasteiger partial charge is 0.315 e. The van der Waals surface area contributed by atoms with Crippen molar-refractivity contribution in [2.75, 3.05) is 13.2 Å². The van der Waals surface area contributed by atoms with Gasteiger partial charge in [0.2, 0.25) is 5.91 Å². The number of rotatable bonds is 21. The molecular formula is C39H69N3O6. The number of amides is 3. The molecule has 2 saturated carbocycles. The first-order chi connectivity index (χ1) is 22.9. The molecule has 3 fully saturated rings. The lowest BCUT2D eigenvalue weighted by molar-refractivity contribution is -0.304. The van der Waals surface area contributed by atoms with Crippen molar-refractivity contribution in [3.8, 4) is 0 Å². The predicted octanol–water partition coefficient (Wildman–Crippen LogP) is 8.41. The first kappa shape index (κ1) is 40.3. The molecule has 4 N–H and O–H groups in total. The molecule has 9 heteroatoms. The van der Waals surface area contributed by atoms with Crippen LogP contribution in [0.5, 0.6) is 0 Å². The lowest BCUT2D eigenvalue weighted by Crippen LogP contribution is -2.59. The summed E-state index contributed by atoms with van der Waals surface area (Å²) in [6.07, 6.45) is 26.6. The van der Waals surface area contributed by atoms with Crippen LogP contribution in [0, 0.1) is 17.3 Å². The molecule has 4 atom stereocenters. The zero-order chi connectivity index (χ0) is 35.0. The van der Waals surface area contributed by atoms with Gasteiger partial charge in [0.05, 0.1) is 12.5 Å². The molecule has 0 aromatic rings. The zero-order valence-corrected chi connectivity index (χ0v) is 31.0. The first-order valence-electron chi connectivity index (χ1n) is 19.4. The van der Waals surface area contributed by atoms with Gasteiger partial charge in [-0.2, -0.15) is 0 Å². The van der Waals surface area contributed by atoms with Gasteiger partial charge in [-0.15, -0.1) is 0 Å². The maximum absolute atomic E-state index is 13.3. The second-order valence-corrected chi connectivity index (χ2v) is 16.1. The molecule has 3 rings (SSSR count). The molecule has 0 radical (unpaired) electrons. The quantitative estimate of drug-likeness (QED) is 0.0715. The van der Waals surface area contributed by atoms with Crippen molar-refractivity contribution in [1.82, 2.24) is 16.0 Å². The standard InChI is InChI=1S/C39H69N3O6/c1-6-7-8-9-10-11-12-13-14-15-16-17-18-21-25-39(26-22-27-39)42-36(46)41-32-24-20-19-23-30(32)31(35(44)45)28-40-34(43)33-37(2,3)29-47-38(4,5)48-33/h14-15,30-33H,6-13,16-29H2,1-5H3,(H,40,43)(H,44,45)(H2,41,42,46). The average Bonchev–Trinajstić information content (AvgIpc) is 3.01. The van der Waals surface area contributed by atoms with E-state index in [4.69, 9.17) is 9.47 Å². The number of unbranched alkanes of at least 4 members (excludes halogenated alkanes) is 10. The van der Waals surface area contributed by atoms with Gasteiger partial charge in [0.25, 0.3) is 0 Å². The van der Waals surface area contributed by atoms with Gasteiger partial charge in [-0.3, -0.25) is 9.59 Å². The molecule has 1 heterocycles. The number of allylic oxidation sites excluding steroid dienone is 2. The first-order valence-corrected chi connectivity index (χ1v) is 19.4. The van der Waals surface area contributed by atoms with E-state index < -0.39 is 29.2 Å². The van der Waals surface area contributed by atoms with E-state index in [-0.39, 0.29) is 36.0 Å². The number of carboxylic acid groups (broad SMARTS) is 1. The van der Waals surface area contributed by atoms with Gasteiger partial charge in [-0.1, -0.05) is 97.1 Å². The predicted molar refractivity (Wildman–Crippen MR) is 192 cm³/mol. The Labute approximate surface area is 291 Å². The molecule has 9 nitrogen and oxygen atoms in total. The summed E-state index contributed by atoms with van der Waals surface area (Å²) in [5, 5.41) is 19.6. The highest BCUT2D eigenvalue weighted by molar-refractivity contribution is 5.82. The number of ether oxygens (including phenoxy) is 2. The van der Waals surface area contributed by atoms with Crippen molar-refractivity contribution >= 4 is 17.9 Å². The van der Waals surface area contributed by atoms with Crippen LogP contribution < -0.4 is 16.0 Å². The SMILES string of the molecule is CCCCCCCCCC=CCCCCCC1(NC(=O)NC2CCCCC2C(CNC(=O)C2OC(C)(C)OCC2(C)C)C(=O)O)CCC1. The number of hydrogen-bond acceptors (Lipinski definition) is 5. The molecule has 3 amide bonds. The normalized spacial score (nSPS) is 25.1. The van der Waals surface area contributed by atoms with Crippen LogP contribution in [0.3, 0.4) is 0 Å². The van der Waals surface area contributed by atoms with Crippen LogP contribution >= 0.6 is 0 Å². The Morgan fingerprint density at radius 3 is 2.10 bits per heavy atom. The molecular weight excluding hydrogens is 606 g/mol. The fourth-order valence-corrected chi connectivity index (χ4v) is 7.71. The molecule has 0 aromatic carbocycles. The molecule has 4 unspecified atom stereocenters. The number of hydrogen-bond donors (Lipinski definition) is 4. The fraction of sp³-hybridized carbons (Fsp3) is 0.872. The summed E-state index contributed by atoms with van der Waals surface area (Å²) < 4.78 is 11.7. The third-order valence-corrected chi connectivity index (χ3v) is 11.0. The largest absolute Gasteiger partial charge is 0.481 e. The van der Waals surface area contributed by atoms with E-state index in [1.165, 1.54) is 57.8 Å². The zero-order valence-electron chi connectivity index (χ0n) is 31.0. The van der Waals surface area contributed by atoms with Crippen LogP contribution in [0.1, 0.15) is 163 Å². The van der Waals surface area contributed by atoms with Crippen molar-refractivity contribution < 1.29 is 29.0 Å². The van der Waals surface area contributed by atoms with Gasteiger partial charge in [0, 0.05) is 23.5 Å². The molecule has 48 heavy (non-hydrogen) atoms.